The van der Waals surface area contributed by atoms with Crippen LogP contribution in [0, 0.1) is 5.41 Å². The minimum Gasteiger partial charge on any atom is -0.450 e. The molecule has 1 aromatic rings. The van der Waals surface area contributed by atoms with Crippen molar-refractivity contribution in [1.82, 2.24) is 10.2 Å². The molecule has 1 aliphatic rings. The number of nitrogens with two attached hydrogens (primary N) is 1. The second-order valence-corrected chi connectivity index (χ2v) is 16.4. The molecule has 2 atom stereocenters. The number of rotatable bonds is 12. The summed E-state index contributed by atoms with van der Waals surface area (Å²) in [6.45, 7) is 20.1. The van der Waals surface area contributed by atoms with Crippen LogP contribution in [0.25, 0.3) is 4.91 Å². The Balaban J connectivity index is 0.000000845. The third kappa shape index (κ3) is 18.0. The monoisotopic (exact) mass is 669 g/mol. The molecule has 2 rings (SSSR count). The largest absolute Gasteiger partial charge is 0.505 e. The fourth-order valence-corrected chi connectivity index (χ4v) is 6.44. The number of benzene rings is 1. The highest BCUT2D eigenvalue weighted by Crippen LogP contribution is 2.34. The van der Waals surface area contributed by atoms with Gasteiger partial charge < -0.3 is 25.8 Å². The summed E-state index contributed by atoms with van der Waals surface area (Å²) in [7, 11) is 3.21. The molecule has 0 saturated carbocycles. The molecule has 1 heterocycles. The second-order valence-electron chi connectivity index (χ2n) is 12.4. The third-order valence-corrected chi connectivity index (χ3v) is 10.4. The van der Waals surface area contributed by atoms with Crippen LogP contribution in [0.15, 0.2) is 41.3 Å². The average Bonchev–Trinajstić information content (AvgIpc) is 3.43. The van der Waals surface area contributed by atoms with Gasteiger partial charge in [0.15, 0.2) is 0 Å². The Bertz CT molecular complexity index is 1060. The molecule has 0 bridgehead atoms. The lowest BCUT2D eigenvalue weighted by molar-refractivity contribution is -0.131. The van der Waals surface area contributed by atoms with Gasteiger partial charge in [-0.3, -0.25) is 9.59 Å². The highest BCUT2D eigenvalue weighted by molar-refractivity contribution is 8.76. The van der Waals surface area contributed by atoms with Crippen LogP contribution in [0.2, 0.25) is 0 Å². The fourth-order valence-electron chi connectivity index (χ4n) is 3.45. The van der Waals surface area contributed by atoms with E-state index in [1.807, 2.05) is 27.0 Å². The standard InChI is InChI=1S/C21H28N2O2S.C6H15N.C6H12O3S2/c1-4-5-13-26-20(16(2)3)18-10-8-17(9-11-18)14-22-21(25)19-7-6-12-23(19)15-24;1-5(7)6(2,3)4;1-6(2,11-10-3)4-9-5(7)8/h5,8-11,13,15,19H,4,6-7,12,14H2,1-3H3,(H,22,25);5H,7H2,1-4H3;4H2,1-3H3,(H,7,8)/b13-5+;;. The SMILES string of the molecule is CC(N)C(C)(C)C.CC/C=C/SC(=C(C)C)c1ccc(CNC(=O)C2CCCN2C=O)cc1.CSSC(C)(C)COC(=O)O. The Hall–Kier alpha value is -2.08. The van der Waals surface area contributed by atoms with E-state index in [1.54, 1.807) is 38.2 Å². The van der Waals surface area contributed by atoms with Gasteiger partial charge in [0.25, 0.3) is 0 Å². The van der Waals surface area contributed by atoms with Crippen LogP contribution in [0.5, 0.6) is 0 Å². The van der Waals surface area contributed by atoms with Gasteiger partial charge in [0.1, 0.15) is 12.6 Å². The first-order valence-corrected chi connectivity index (χ1v) is 18.3. The van der Waals surface area contributed by atoms with E-state index in [4.69, 9.17) is 10.8 Å². The average molecular weight is 670 g/mol. The number of carboxylic acid groups (broad SMARTS) is 1. The Labute approximate surface area is 278 Å². The Morgan fingerprint density at radius 1 is 1.18 bits per heavy atom. The highest BCUT2D eigenvalue weighted by Gasteiger charge is 2.29. The molecule has 0 radical (unpaired) electrons. The van der Waals surface area contributed by atoms with E-state index in [0.29, 0.717) is 19.1 Å². The van der Waals surface area contributed by atoms with Crippen molar-refractivity contribution in [2.45, 2.75) is 105 Å². The molecule has 0 spiro atoms. The maximum atomic E-state index is 12.3. The Morgan fingerprint density at radius 2 is 1.77 bits per heavy atom. The van der Waals surface area contributed by atoms with Crippen LogP contribution < -0.4 is 11.1 Å². The van der Waals surface area contributed by atoms with E-state index in [9.17, 15) is 14.4 Å². The summed E-state index contributed by atoms with van der Waals surface area (Å²) in [5.74, 6) is -0.0658. The first-order chi connectivity index (χ1) is 20.5. The zero-order valence-electron chi connectivity index (χ0n) is 28.3. The van der Waals surface area contributed by atoms with E-state index in [2.05, 4.69) is 87.3 Å². The van der Waals surface area contributed by atoms with E-state index in [-0.39, 0.29) is 28.7 Å². The topological polar surface area (TPSA) is 122 Å². The summed E-state index contributed by atoms with van der Waals surface area (Å²) in [5.41, 5.74) is 9.38. The molecule has 250 valence electrons. The maximum absolute atomic E-state index is 12.3. The summed E-state index contributed by atoms with van der Waals surface area (Å²) in [6, 6.07) is 8.29. The Kier molecular flexibility index (Phi) is 20.6. The first-order valence-electron chi connectivity index (χ1n) is 14.9. The number of hydrogen-bond acceptors (Lipinski definition) is 8. The number of carbonyl (C=O) groups is 3. The number of ether oxygens (including phenoxy) is 1. The van der Waals surface area contributed by atoms with Crippen LogP contribution in [-0.2, 0) is 20.9 Å². The van der Waals surface area contributed by atoms with Gasteiger partial charge in [-0.25, -0.2) is 4.79 Å². The van der Waals surface area contributed by atoms with Crippen molar-refractivity contribution < 1.29 is 24.2 Å². The van der Waals surface area contributed by atoms with Crippen LogP contribution in [0.3, 0.4) is 0 Å². The minimum absolute atomic E-state index is 0.0658. The molecule has 0 aliphatic carbocycles. The summed E-state index contributed by atoms with van der Waals surface area (Å²) in [6.07, 6.45) is 6.34. The predicted molar refractivity (Wildman–Crippen MR) is 192 cm³/mol. The highest BCUT2D eigenvalue weighted by atomic mass is 33.1. The summed E-state index contributed by atoms with van der Waals surface area (Å²) >= 11 is 1.74. The van der Waals surface area contributed by atoms with E-state index in [1.165, 1.54) is 16.0 Å². The quantitative estimate of drug-likeness (QED) is 0.115. The first kappa shape index (κ1) is 41.9. The van der Waals surface area contributed by atoms with Crippen molar-refractivity contribution in [3.05, 3.63) is 52.4 Å². The molecule has 44 heavy (non-hydrogen) atoms. The molecule has 1 fully saturated rings. The van der Waals surface area contributed by atoms with Gasteiger partial charge in [0.2, 0.25) is 12.3 Å². The molecular weight excluding hydrogens is 615 g/mol. The van der Waals surface area contributed by atoms with Gasteiger partial charge in [-0.2, -0.15) is 0 Å². The molecule has 4 N–H and O–H groups in total. The van der Waals surface area contributed by atoms with Gasteiger partial charge in [0, 0.05) is 24.0 Å². The molecule has 11 heteroatoms. The number of nitrogens with one attached hydrogen (secondary N) is 1. The molecule has 1 aromatic carbocycles. The second kappa shape index (κ2) is 21.6. The predicted octanol–water partition coefficient (Wildman–Crippen LogP) is 8.18. The maximum Gasteiger partial charge on any atom is 0.505 e. The smallest absolute Gasteiger partial charge is 0.450 e. The van der Waals surface area contributed by atoms with E-state index in [0.717, 1.165) is 31.2 Å². The molecule has 8 nitrogen and oxygen atoms in total. The lowest BCUT2D eigenvalue weighted by atomic mass is 9.89. The normalized spacial score (nSPS) is 15.3. The molecular formula is C33H55N3O5S3. The minimum atomic E-state index is -1.21. The van der Waals surface area contributed by atoms with Gasteiger partial charge in [-0.05, 0) is 82.1 Å². The number of nitrogens with zero attached hydrogens (tertiary/aromatic N) is 1. The number of allylic oxidation sites excluding steroid dienone is 2. The number of likely N-dealkylation sites (tertiary alicyclic amines) is 1. The zero-order chi connectivity index (χ0) is 33.9. The van der Waals surface area contributed by atoms with Crippen molar-refractivity contribution >= 4 is 56.7 Å². The number of carbonyl (C=O) groups excluding carboxylic acids is 2. The van der Waals surface area contributed by atoms with Crippen molar-refractivity contribution in [1.29, 1.82) is 0 Å². The third-order valence-electron chi connectivity index (χ3n) is 6.61. The number of amides is 2. The van der Waals surface area contributed by atoms with Crippen molar-refractivity contribution in [2.75, 3.05) is 19.4 Å². The fraction of sp³-hybridized carbons (Fsp3) is 0.606. The number of thioether (sulfide) groups is 1. The van der Waals surface area contributed by atoms with Gasteiger partial charge in [0.05, 0.1) is 4.75 Å². The molecule has 0 aromatic heterocycles. The van der Waals surface area contributed by atoms with Gasteiger partial charge >= 0.3 is 6.16 Å². The van der Waals surface area contributed by atoms with Crippen LogP contribution in [-0.4, -0.2) is 64.7 Å². The summed E-state index contributed by atoms with van der Waals surface area (Å²) in [4.78, 5) is 36.1. The summed E-state index contributed by atoms with van der Waals surface area (Å²) < 4.78 is 4.30. The van der Waals surface area contributed by atoms with Gasteiger partial charge in [-0.15, -0.1) is 0 Å². The van der Waals surface area contributed by atoms with Crippen molar-refractivity contribution in [2.24, 2.45) is 11.1 Å². The van der Waals surface area contributed by atoms with E-state index < -0.39 is 6.16 Å². The van der Waals surface area contributed by atoms with Crippen LogP contribution in [0.1, 0.15) is 92.7 Å². The summed E-state index contributed by atoms with van der Waals surface area (Å²) in [5, 5.41) is 13.3. The van der Waals surface area contributed by atoms with Crippen molar-refractivity contribution in [3.8, 4) is 0 Å². The number of hydrogen-bond donors (Lipinski definition) is 3. The van der Waals surface area contributed by atoms with Crippen molar-refractivity contribution in [3.63, 3.8) is 0 Å². The molecule has 1 saturated heterocycles. The lowest BCUT2D eigenvalue weighted by Gasteiger charge is -2.22. The zero-order valence-corrected chi connectivity index (χ0v) is 30.7. The lowest BCUT2D eigenvalue weighted by Crippen LogP contribution is -2.42. The Morgan fingerprint density at radius 3 is 2.23 bits per heavy atom. The van der Waals surface area contributed by atoms with Crippen LogP contribution in [0.4, 0.5) is 4.79 Å². The van der Waals surface area contributed by atoms with Crippen LogP contribution >= 0.6 is 33.3 Å². The van der Waals surface area contributed by atoms with Gasteiger partial charge in [-0.1, -0.05) is 97.0 Å². The molecule has 1 aliphatic heterocycles. The molecule has 2 amide bonds. The van der Waals surface area contributed by atoms with E-state index >= 15 is 0 Å². The molecule has 2 unspecified atom stereocenters.